The molecule has 2 amide bonds. The van der Waals surface area contributed by atoms with E-state index >= 15 is 0 Å². The topological polar surface area (TPSA) is 86.6 Å². The number of nitrogens with zero attached hydrogens (tertiary/aromatic N) is 6. The minimum atomic E-state index is -2.73. The van der Waals surface area contributed by atoms with E-state index < -0.39 is 5.92 Å². The number of hydrogen-bond donors (Lipinski definition) is 0. The lowest BCUT2D eigenvalue weighted by Gasteiger charge is -2.35. The van der Waals surface area contributed by atoms with Gasteiger partial charge in [-0.1, -0.05) is 6.07 Å². The molecule has 0 unspecified atom stereocenters. The highest BCUT2D eigenvalue weighted by Gasteiger charge is 2.37. The molecule has 0 atom stereocenters. The molecular formula is C30H26F2N6O2. The van der Waals surface area contributed by atoms with Crippen LogP contribution in [0, 0.1) is 11.3 Å². The Kier molecular flexibility index (Phi) is 5.52. The molecule has 202 valence electrons. The van der Waals surface area contributed by atoms with E-state index in [0.717, 1.165) is 38.9 Å². The molecule has 5 heterocycles. The highest BCUT2D eigenvalue weighted by atomic mass is 19.3. The van der Waals surface area contributed by atoms with Crippen LogP contribution in [0.1, 0.15) is 48.1 Å². The van der Waals surface area contributed by atoms with Gasteiger partial charge in [0, 0.05) is 80.9 Å². The molecule has 4 aromatic rings. The molecule has 0 saturated carbocycles. The Balaban J connectivity index is 1.32. The third kappa shape index (κ3) is 3.87. The Morgan fingerprint density at radius 2 is 1.88 bits per heavy atom. The van der Waals surface area contributed by atoms with Crippen LogP contribution >= 0.6 is 0 Å². The second-order valence-electron chi connectivity index (χ2n) is 10.8. The highest BCUT2D eigenvalue weighted by molar-refractivity contribution is 6.33. The molecule has 0 spiro atoms. The van der Waals surface area contributed by atoms with Crippen molar-refractivity contribution in [1.29, 1.82) is 5.26 Å². The van der Waals surface area contributed by atoms with Gasteiger partial charge in [-0.15, -0.1) is 0 Å². The monoisotopic (exact) mass is 540 g/mol. The first kappa shape index (κ1) is 24.5. The molecule has 1 aliphatic carbocycles. The van der Waals surface area contributed by atoms with Crippen molar-refractivity contribution in [3.05, 3.63) is 71.3 Å². The van der Waals surface area contributed by atoms with E-state index in [1.54, 1.807) is 17.2 Å². The maximum atomic E-state index is 13.7. The molecule has 3 aliphatic rings. The number of hydrogen-bond acceptors (Lipinski definition) is 4. The number of carbonyl (C=O) groups is 2. The number of rotatable bonds is 2. The molecule has 0 N–H and O–H groups in total. The maximum Gasteiger partial charge on any atom is 0.320 e. The predicted octanol–water partition coefficient (Wildman–Crippen LogP) is 5.10. The van der Waals surface area contributed by atoms with Gasteiger partial charge in [0.2, 0.25) is 0 Å². The molecule has 0 radical (unpaired) electrons. The van der Waals surface area contributed by atoms with Gasteiger partial charge in [0.15, 0.2) is 5.78 Å². The fourth-order valence-electron chi connectivity index (χ4n) is 6.37. The quantitative estimate of drug-likeness (QED) is 0.354. The Labute approximate surface area is 228 Å². The number of benzene rings is 1. The number of aromatic nitrogens is 3. The van der Waals surface area contributed by atoms with Gasteiger partial charge in [0.25, 0.3) is 5.92 Å². The number of nitriles is 1. The number of pyridine rings is 1. The number of halogens is 2. The van der Waals surface area contributed by atoms with Crippen molar-refractivity contribution in [2.45, 2.75) is 44.7 Å². The van der Waals surface area contributed by atoms with Crippen LogP contribution in [0.3, 0.4) is 0 Å². The van der Waals surface area contributed by atoms with E-state index in [-0.39, 0.29) is 44.3 Å². The van der Waals surface area contributed by atoms with E-state index in [4.69, 9.17) is 0 Å². The first-order valence-electron chi connectivity index (χ1n) is 13.5. The number of alkyl halides is 2. The standard InChI is InChI=1S/C30H26F2N6O2/c31-30(32)6-9-35(10-7-30)29(40)37-12-11-36-18-23(22-14-19(15-33)13-20(17-37)28(22)36)27-21(4-5-25(27)39)24-16-34-26-3-1-2-8-38(24)26/h1-3,8,13-14,16,18H,4-7,9-12,17H2. The van der Waals surface area contributed by atoms with Gasteiger partial charge in [-0.25, -0.2) is 18.6 Å². The summed E-state index contributed by atoms with van der Waals surface area (Å²) >= 11 is 0. The summed E-state index contributed by atoms with van der Waals surface area (Å²) in [5, 5.41) is 10.7. The maximum absolute atomic E-state index is 13.7. The fourth-order valence-corrected chi connectivity index (χ4v) is 6.37. The van der Waals surface area contributed by atoms with Gasteiger partial charge in [-0.3, -0.25) is 9.20 Å². The first-order chi connectivity index (χ1) is 19.3. The summed E-state index contributed by atoms with van der Waals surface area (Å²) in [6, 6.07) is 11.4. The normalized spacial score (nSPS) is 19.0. The Hall–Kier alpha value is -4.52. The van der Waals surface area contributed by atoms with E-state index in [0.29, 0.717) is 37.1 Å². The molecule has 40 heavy (non-hydrogen) atoms. The van der Waals surface area contributed by atoms with Gasteiger partial charge in [-0.05, 0) is 41.8 Å². The second kappa shape index (κ2) is 9.01. The van der Waals surface area contributed by atoms with Gasteiger partial charge in [0.05, 0.1) is 29.0 Å². The highest BCUT2D eigenvalue weighted by Crippen LogP contribution is 2.42. The van der Waals surface area contributed by atoms with Crippen LogP contribution in [0.5, 0.6) is 0 Å². The van der Waals surface area contributed by atoms with Crippen molar-refractivity contribution in [3.8, 4) is 6.07 Å². The molecule has 3 aromatic heterocycles. The number of imidazole rings is 1. The fraction of sp³-hybridized carbons (Fsp3) is 0.333. The van der Waals surface area contributed by atoms with Crippen molar-refractivity contribution >= 4 is 39.5 Å². The number of urea groups is 1. The van der Waals surface area contributed by atoms with Crippen LogP contribution in [-0.4, -0.2) is 61.1 Å². The molecule has 7 rings (SSSR count). The number of carbonyl (C=O) groups excluding carboxylic acids is 2. The lowest BCUT2D eigenvalue weighted by molar-refractivity contribution is -0.113. The molecular weight excluding hydrogens is 514 g/mol. The lowest BCUT2D eigenvalue weighted by atomic mass is 9.96. The molecule has 1 aromatic carbocycles. The SMILES string of the molecule is N#Cc1cc2c3c(c1)c(C1=C(c4cnc5ccccn45)CCC1=O)cn3CCN(C(=O)N1CCC(F)(F)CC1)C2. The number of ketones is 1. The number of allylic oxidation sites excluding steroid dienone is 2. The van der Waals surface area contributed by atoms with Crippen LogP contribution in [0.15, 0.2) is 48.9 Å². The van der Waals surface area contributed by atoms with E-state index in [1.165, 1.54) is 4.90 Å². The summed E-state index contributed by atoms with van der Waals surface area (Å²) < 4.78 is 31.4. The van der Waals surface area contributed by atoms with Crippen molar-refractivity contribution in [3.63, 3.8) is 0 Å². The average Bonchev–Trinajstić information content (AvgIpc) is 3.61. The number of likely N-dealkylation sites (tertiary alicyclic amines) is 1. The number of piperidine rings is 1. The average molecular weight is 541 g/mol. The summed E-state index contributed by atoms with van der Waals surface area (Å²) in [5.74, 6) is -2.67. The van der Waals surface area contributed by atoms with Crippen LogP contribution in [0.2, 0.25) is 0 Å². The first-order valence-corrected chi connectivity index (χ1v) is 13.5. The molecule has 10 heteroatoms. The Bertz CT molecular complexity index is 1780. The summed E-state index contributed by atoms with van der Waals surface area (Å²) in [7, 11) is 0. The van der Waals surface area contributed by atoms with Crippen molar-refractivity contribution < 1.29 is 18.4 Å². The zero-order chi connectivity index (χ0) is 27.6. The summed E-state index contributed by atoms with van der Waals surface area (Å²) in [5.41, 5.74) is 6.18. The van der Waals surface area contributed by atoms with Crippen molar-refractivity contribution in [2.24, 2.45) is 0 Å². The summed E-state index contributed by atoms with van der Waals surface area (Å²) in [6.45, 7) is 1.17. The second-order valence-corrected chi connectivity index (χ2v) is 10.8. The Morgan fingerprint density at radius 3 is 2.67 bits per heavy atom. The van der Waals surface area contributed by atoms with Crippen LogP contribution in [0.4, 0.5) is 13.6 Å². The molecule has 0 bridgehead atoms. The van der Waals surface area contributed by atoms with Crippen LogP contribution < -0.4 is 0 Å². The zero-order valence-electron chi connectivity index (χ0n) is 21.7. The minimum absolute atomic E-state index is 0.0226. The van der Waals surface area contributed by atoms with Crippen molar-refractivity contribution in [2.75, 3.05) is 19.6 Å². The summed E-state index contributed by atoms with van der Waals surface area (Å²) in [6.07, 6.45) is 6.05. The third-order valence-corrected chi connectivity index (χ3v) is 8.37. The van der Waals surface area contributed by atoms with Gasteiger partial charge < -0.3 is 14.4 Å². The number of fused-ring (bicyclic) bond motifs is 1. The molecule has 1 fully saturated rings. The molecule has 8 nitrogen and oxygen atoms in total. The Morgan fingerprint density at radius 1 is 1.05 bits per heavy atom. The van der Waals surface area contributed by atoms with Gasteiger partial charge in [0.1, 0.15) is 5.65 Å². The van der Waals surface area contributed by atoms with Gasteiger partial charge in [-0.2, -0.15) is 5.26 Å². The predicted molar refractivity (Wildman–Crippen MR) is 144 cm³/mol. The largest absolute Gasteiger partial charge is 0.345 e. The lowest BCUT2D eigenvalue weighted by Crippen LogP contribution is -2.49. The van der Waals surface area contributed by atoms with Crippen LogP contribution in [-0.2, 0) is 17.9 Å². The molecule has 2 aliphatic heterocycles. The number of amides is 2. The van der Waals surface area contributed by atoms with E-state index in [1.807, 2.05) is 41.1 Å². The summed E-state index contributed by atoms with van der Waals surface area (Å²) in [4.78, 5) is 34.4. The van der Waals surface area contributed by atoms with Gasteiger partial charge >= 0.3 is 6.03 Å². The smallest absolute Gasteiger partial charge is 0.320 e. The van der Waals surface area contributed by atoms with E-state index in [9.17, 15) is 23.6 Å². The number of Topliss-reactive ketones (excluding diaryl/α,β-unsaturated/α-hetero) is 1. The van der Waals surface area contributed by atoms with E-state index in [2.05, 4.69) is 15.6 Å². The van der Waals surface area contributed by atoms with Crippen molar-refractivity contribution in [1.82, 2.24) is 23.8 Å². The zero-order valence-corrected chi connectivity index (χ0v) is 21.7. The van der Waals surface area contributed by atoms with Crippen LogP contribution in [0.25, 0.3) is 27.7 Å². The molecule has 1 saturated heterocycles. The minimum Gasteiger partial charge on any atom is -0.345 e. The third-order valence-electron chi connectivity index (χ3n) is 8.37.